The third-order valence-corrected chi connectivity index (χ3v) is 4.37. The molecule has 0 radical (unpaired) electrons. The summed E-state index contributed by atoms with van der Waals surface area (Å²) in [6.07, 6.45) is 1.33. The number of benzene rings is 1. The number of carbonyl (C=O) groups excluding carboxylic acids is 2. The summed E-state index contributed by atoms with van der Waals surface area (Å²) in [7, 11) is 0. The molecule has 1 amide bonds. The average molecular weight is 319 g/mol. The number of hydrogen-bond donors (Lipinski definition) is 0. The Hall–Kier alpha value is -2.04. The summed E-state index contributed by atoms with van der Waals surface area (Å²) in [5.41, 5.74) is 0.978. The molecule has 1 aliphatic heterocycles. The number of amides is 1. The molecule has 1 saturated heterocycles. The standard InChI is InChI=1S/C18H25NO4/c1-3-22-17(20)14(2)16-9-11-19(12-10-16)18(21)23-13-15-7-5-4-6-8-15/h4-8,14,16H,3,9-13H2,1-2H3. The van der Waals surface area contributed by atoms with Gasteiger partial charge < -0.3 is 14.4 Å². The summed E-state index contributed by atoms with van der Waals surface area (Å²) in [6, 6.07) is 9.64. The minimum absolute atomic E-state index is 0.113. The quantitative estimate of drug-likeness (QED) is 0.782. The van der Waals surface area contributed by atoms with Gasteiger partial charge in [-0.2, -0.15) is 0 Å². The molecule has 0 aliphatic carbocycles. The summed E-state index contributed by atoms with van der Waals surface area (Å²) in [5, 5.41) is 0. The summed E-state index contributed by atoms with van der Waals surface area (Å²) >= 11 is 0. The zero-order valence-corrected chi connectivity index (χ0v) is 13.9. The van der Waals surface area contributed by atoms with Crippen molar-refractivity contribution in [1.29, 1.82) is 0 Å². The molecular formula is C18H25NO4. The SMILES string of the molecule is CCOC(=O)C(C)C1CCN(C(=O)OCc2ccccc2)CC1. The Morgan fingerprint density at radius 3 is 2.43 bits per heavy atom. The number of ether oxygens (including phenoxy) is 2. The zero-order chi connectivity index (χ0) is 16.7. The highest BCUT2D eigenvalue weighted by Gasteiger charge is 2.30. The van der Waals surface area contributed by atoms with Crippen LogP contribution in [0.4, 0.5) is 4.79 Å². The maximum absolute atomic E-state index is 12.1. The van der Waals surface area contributed by atoms with Gasteiger partial charge in [-0.05, 0) is 31.2 Å². The lowest BCUT2D eigenvalue weighted by atomic mass is 9.85. The lowest BCUT2D eigenvalue weighted by Crippen LogP contribution is -2.41. The first-order valence-corrected chi connectivity index (χ1v) is 8.24. The van der Waals surface area contributed by atoms with Crippen molar-refractivity contribution in [3.05, 3.63) is 35.9 Å². The highest BCUT2D eigenvalue weighted by atomic mass is 16.6. The Labute approximate surface area is 137 Å². The molecule has 126 valence electrons. The second-order valence-corrected chi connectivity index (χ2v) is 5.91. The van der Waals surface area contributed by atoms with E-state index in [-0.39, 0.29) is 23.9 Å². The second kappa shape index (κ2) is 8.56. The fourth-order valence-electron chi connectivity index (χ4n) is 2.86. The lowest BCUT2D eigenvalue weighted by Gasteiger charge is -2.33. The molecule has 1 aromatic carbocycles. The van der Waals surface area contributed by atoms with Crippen LogP contribution in [0.15, 0.2) is 30.3 Å². The first-order chi connectivity index (χ1) is 11.1. The van der Waals surface area contributed by atoms with Crippen LogP contribution in [0.25, 0.3) is 0 Å². The maximum atomic E-state index is 12.1. The Kier molecular flexibility index (Phi) is 6.44. The fraction of sp³-hybridized carbons (Fsp3) is 0.556. The molecule has 0 saturated carbocycles. The third kappa shape index (κ3) is 4.98. The number of esters is 1. The van der Waals surface area contributed by atoms with Gasteiger partial charge in [-0.15, -0.1) is 0 Å². The number of piperidine rings is 1. The van der Waals surface area contributed by atoms with E-state index >= 15 is 0 Å². The van der Waals surface area contributed by atoms with Crippen LogP contribution >= 0.6 is 0 Å². The van der Waals surface area contributed by atoms with Gasteiger partial charge in [0, 0.05) is 13.1 Å². The van der Waals surface area contributed by atoms with E-state index in [1.807, 2.05) is 44.2 Å². The van der Waals surface area contributed by atoms with Gasteiger partial charge in [0.25, 0.3) is 0 Å². The molecule has 23 heavy (non-hydrogen) atoms. The minimum atomic E-state index is -0.281. The minimum Gasteiger partial charge on any atom is -0.466 e. The van der Waals surface area contributed by atoms with Crippen LogP contribution in [0, 0.1) is 11.8 Å². The van der Waals surface area contributed by atoms with Crippen molar-refractivity contribution < 1.29 is 19.1 Å². The summed E-state index contributed by atoms with van der Waals surface area (Å²) < 4.78 is 10.4. The van der Waals surface area contributed by atoms with Crippen LogP contribution in [0.3, 0.4) is 0 Å². The highest BCUT2D eigenvalue weighted by molar-refractivity contribution is 5.72. The van der Waals surface area contributed by atoms with E-state index in [4.69, 9.17) is 9.47 Å². The monoisotopic (exact) mass is 319 g/mol. The number of carbonyl (C=O) groups is 2. The Balaban J connectivity index is 1.75. The first kappa shape index (κ1) is 17.3. The van der Waals surface area contributed by atoms with Crippen LogP contribution in [-0.4, -0.2) is 36.7 Å². The summed E-state index contributed by atoms with van der Waals surface area (Å²) in [6.45, 7) is 5.68. The van der Waals surface area contributed by atoms with Gasteiger partial charge in [0.1, 0.15) is 6.61 Å². The van der Waals surface area contributed by atoms with Crippen molar-refractivity contribution in [2.24, 2.45) is 11.8 Å². The normalized spacial score (nSPS) is 16.7. The molecule has 0 aromatic heterocycles. The van der Waals surface area contributed by atoms with Crippen molar-refractivity contribution in [3.8, 4) is 0 Å². The van der Waals surface area contributed by atoms with E-state index in [0.29, 0.717) is 26.3 Å². The van der Waals surface area contributed by atoms with Gasteiger partial charge in [0.15, 0.2) is 0 Å². The first-order valence-electron chi connectivity index (χ1n) is 8.24. The maximum Gasteiger partial charge on any atom is 0.410 e. The Morgan fingerprint density at radius 1 is 1.17 bits per heavy atom. The van der Waals surface area contributed by atoms with E-state index in [1.54, 1.807) is 4.90 Å². The summed E-state index contributed by atoms with van der Waals surface area (Å²) in [4.78, 5) is 25.6. The second-order valence-electron chi connectivity index (χ2n) is 5.91. The number of rotatable bonds is 5. The predicted molar refractivity (Wildman–Crippen MR) is 86.7 cm³/mol. The smallest absolute Gasteiger partial charge is 0.410 e. The molecule has 0 spiro atoms. The van der Waals surface area contributed by atoms with E-state index in [2.05, 4.69) is 0 Å². The molecule has 0 N–H and O–H groups in total. The van der Waals surface area contributed by atoms with Gasteiger partial charge >= 0.3 is 12.1 Å². The van der Waals surface area contributed by atoms with Crippen molar-refractivity contribution in [2.45, 2.75) is 33.3 Å². The van der Waals surface area contributed by atoms with E-state index in [0.717, 1.165) is 18.4 Å². The average Bonchev–Trinajstić information content (AvgIpc) is 2.60. The molecule has 0 bridgehead atoms. The molecule has 1 unspecified atom stereocenters. The number of hydrogen-bond acceptors (Lipinski definition) is 4. The third-order valence-electron chi connectivity index (χ3n) is 4.37. The van der Waals surface area contributed by atoms with E-state index in [1.165, 1.54) is 0 Å². The van der Waals surface area contributed by atoms with Crippen molar-refractivity contribution in [3.63, 3.8) is 0 Å². The van der Waals surface area contributed by atoms with Crippen LogP contribution in [0.2, 0.25) is 0 Å². The van der Waals surface area contributed by atoms with Crippen molar-refractivity contribution >= 4 is 12.1 Å². The van der Waals surface area contributed by atoms with Crippen LogP contribution in [-0.2, 0) is 20.9 Å². The molecule has 1 fully saturated rings. The molecule has 2 rings (SSSR count). The van der Waals surface area contributed by atoms with Crippen molar-refractivity contribution in [2.75, 3.05) is 19.7 Å². The van der Waals surface area contributed by atoms with Gasteiger partial charge in [0.2, 0.25) is 0 Å². The Morgan fingerprint density at radius 2 is 1.83 bits per heavy atom. The molecular weight excluding hydrogens is 294 g/mol. The van der Waals surface area contributed by atoms with Gasteiger partial charge in [-0.1, -0.05) is 37.3 Å². The predicted octanol–water partition coefficient (Wildman–Crippen LogP) is 3.23. The largest absolute Gasteiger partial charge is 0.466 e. The van der Waals surface area contributed by atoms with Gasteiger partial charge in [0.05, 0.1) is 12.5 Å². The zero-order valence-electron chi connectivity index (χ0n) is 13.9. The number of nitrogens with zero attached hydrogens (tertiary/aromatic N) is 1. The molecule has 1 atom stereocenters. The van der Waals surface area contributed by atoms with E-state index < -0.39 is 0 Å². The molecule has 5 heteroatoms. The van der Waals surface area contributed by atoms with Crippen molar-refractivity contribution in [1.82, 2.24) is 4.90 Å². The molecule has 5 nitrogen and oxygen atoms in total. The van der Waals surface area contributed by atoms with Crippen LogP contribution < -0.4 is 0 Å². The Bertz CT molecular complexity index is 509. The lowest BCUT2D eigenvalue weighted by molar-refractivity contribution is -0.149. The fourth-order valence-corrected chi connectivity index (χ4v) is 2.86. The van der Waals surface area contributed by atoms with Crippen LogP contribution in [0.1, 0.15) is 32.3 Å². The van der Waals surface area contributed by atoms with Gasteiger partial charge in [-0.25, -0.2) is 4.79 Å². The number of likely N-dealkylation sites (tertiary alicyclic amines) is 1. The van der Waals surface area contributed by atoms with Crippen LogP contribution in [0.5, 0.6) is 0 Å². The highest BCUT2D eigenvalue weighted by Crippen LogP contribution is 2.26. The summed E-state index contributed by atoms with van der Waals surface area (Å²) in [5.74, 6) is 0.0160. The molecule has 1 heterocycles. The molecule has 1 aromatic rings. The topological polar surface area (TPSA) is 55.8 Å². The van der Waals surface area contributed by atoms with E-state index in [9.17, 15) is 9.59 Å². The van der Waals surface area contributed by atoms with Gasteiger partial charge in [-0.3, -0.25) is 4.79 Å². The molecule has 1 aliphatic rings.